The minimum Gasteiger partial charge on any atom is -0.0617 e. The fourth-order valence-corrected chi connectivity index (χ4v) is 2.56. The largest absolute Gasteiger partial charge is 0.0617 e. The van der Waals surface area contributed by atoms with Gasteiger partial charge in [0.2, 0.25) is 0 Å². The van der Waals surface area contributed by atoms with Crippen molar-refractivity contribution in [2.75, 3.05) is 0 Å². The molecule has 0 aromatic carbocycles. The van der Waals surface area contributed by atoms with Gasteiger partial charge in [0.25, 0.3) is 0 Å². The van der Waals surface area contributed by atoms with Crippen molar-refractivity contribution in [1.29, 1.82) is 0 Å². The van der Waals surface area contributed by atoms with E-state index in [9.17, 15) is 0 Å². The predicted molar refractivity (Wildman–Crippen MR) is 55.1 cm³/mol. The molecule has 1 rings (SSSR count). The molecule has 0 nitrogen and oxygen atoms in total. The molecule has 0 amide bonds. The smallest absolute Gasteiger partial charge is 0.0292 e. The van der Waals surface area contributed by atoms with Gasteiger partial charge in [0.15, 0.2) is 0 Å². The van der Waals surface area contributed by atoms with Gasteiger partial charge in [-0.2, -0.15) is 0 Å². The van der Waals surface area contributed by atoms with Gasteiger partial charge < -0.3 is 0 Å². The van der Waals surface area contributed by atoms with E-state index >= 15 is 0 Å². The summed E-state index contributed by atoms with van der Waals surface area (Å²) in [5, 5.41) is 0. The van der Waals surface area contributed by atoms with Gasteiger partial charge in [0.05, 0.1) is 0 Å². The lowest BCUT2D eigenvalue weighted by Gasteiger charge is -2.28. The van der Waals surface area contributed by atoms with E-state index in [-0.39, 0.29) is 0 Å². The van der Waals surface area contributed by atoms with Gasteiger partial charge in [0, 0.05) is 0 Å². The van der Waals surface area contributed by atoms with Gasteiger partial charge in [-0.05, 0) is 28.6 Å². The van der Waals surface area contributed by atoms with Crippen LogP contribution in [0.15, 0.2) is 0 Å². The molecule has 12 heavy (non-hydrogen) atoms. The molecule has 3 atom stereocenters. The van der Waals surface area contributed by atoms with Crippen molar-refractivity contribution in [2.45, 2.75) is 48.5 Å². The van der Waals surface area contributed by atoms with Crippen LogP contribution in [0.25, 0.3) is 0 Å². The maximum absolute atomic E-state index is 2.41. The first-order chi connectivity index (χ1) is 5.19. The van der Waals surface area contributed by atoms with E-state index in [2.05, 4.69) is 48.5 Å². The SMILES string of the molecule is CC(C1C(C)C1(C)C)C(C)(C)C. The first-order valence-corrected chi connectivity index (χ1v) is 5.19. The normalized spacial score (nSPS) is 36.2. The first-order valence-electron chi connectivity index (χ1n) is 5.19. The summed E-state index contributed by atoms with van der Waals surface area (Å²) in [4.78, 5) is 0. The monoisotopic (exact) mass is 168 g/mol. The third-order valence-corrected chi connectivity index (χ3v) is 4.37. The fraction of sp³-hybridized carbons (Fsp3) is 1.00. The van der Waals surface area contributed by atoms with Crippen molar-refractivity contribution in [1.82, 2.24) is 0 Å². The Morgan fingerprint density at radius 2 is 1.50 bits per heavy atom. The number of hydrogen-bond donors (Lipinski definition) is 0. The number of rotatable bonds is 1. The second kappa shape index (κ2) is 2.49. The van der Waals surface area contributed by atoms with Crippen LogP contribution >= 0.6 is 0 Å². The summed E-state index contributed by atoms with van der Waals surface area (Å²) in [5.74, 6) is 2.71. The van der Waals surface area contributed by atoms with Gasteiger partial charge in [-0.1, -0.05) is 48.5 Å². The average molecular weight is 168 g/mol. The van der Waals surface area contributed by atoms with Crippen molar-refractivity contribution in [2.24, 2.45) is 28.6 Å². The predicted octanol–water partition coefficient (Wildman–Crippen LogP) is 3.96. The maximum Gasteiger partial charge on any atom is -0.0292 e. The molecule has 0 N–H and O–H groups in total. The first kappa shape index (κ1) is 10.1. The molecule has 0 radical (unpaired) electrons. The van der Waals surface area contributed by atoms with Gasteiger partial charge >= 0.3 is 0 Å². The Morgan fingerprint density at radius 1 is 1.17 bits per heavy atom. The molecule has 0 spiro atoms. The second-order valence-electron chi connectivity index (χ2n) is 6.29. The summed E-state index contributed by atoms with van der Waals surface area (Å²) in [6, 6.07) is 0. The third-order valence-electron chi connectivity index (χ3n) is 4.37. The zero-order chi connectivity index (χ0) is 9.73. The molecule has 0 bridgehead atoms. The highest BCUT2D eigenvalue weighted by molar-refractivity contribution is 5.06. The van der Waals surface area contributed by atoms with E-state index in [1.807, 2.05) is 0 Å². The Hall–Kier alpha value is 0. The van der Waals surface area contributed by atoms with Gasteiger partial charge in [0.1, 0.15) is 0 Å². The van der Waals surface area contributed by atoms with Crippen LogP contribution < -0.4 is 0 Å². The van der Waals surface area contributed by atoms with E-state index in [4.69, 9.17) is 0 Å². The molecule has 1 saturated carbocycles. The minimum absolute atomic E-state index is 0.479. The molecule has 0 aromatic rings. The Morgan fingerprint density at radius 3 is 1.58 bits per heavy atom. The molecule has 0 aromatic heterocycles. The lowest BCUT2D eigenvalue weighted by Crippen LogP contribution is -2.21. The second-order valence-corrected chi connectivity index (χ2v) is 6.29. The lowest BCUT2D eigenvalue weighted by molar-refractivity contribution is 0.208. The minimum atomic E-state index is 0.479. The topological polar surface area (TPSA) is 0 Å². The van der Waals surface area contributed by atoms with Crippen molar-refractivity contribution < 1.29 is 0 Å². The summed E-state index contributed by atoms with van der Waals surface area (Å²) in [6.45, 7) is 16.7. The van der Waals surface area contributed by atoms with E-state index in [0.717, 1.165) is 17.8 Å². The average Bonchev–Trinajstić information content (AvgIpc) is 2.30. The summed E-state index contributed by atoms with van der Waals surface area (Å²) < 4.78 is 0. The quantitative estimate of drug-likeness (QED) is 0.556. The summed E-state index contributed by atoms with van der Waals surface area (Å²) >= 11 is 0. The summed E-state index contributed by atoms with van der Waals surface area (Å²) in [5.41, 5.74) is 1.08. The Kier molecular flexibility index (Phi) is 2.10. The van der Waals surface area contributed by atoms with Crippen LogP contribution in [-0.4, -0.2) is 0 Å². The molecule has 0 saturated heterocycles. The van der Waals surface area contributed by atoms with Crippen molar-refractivity contribution in [3.05, 3.63) is 0 Å². The van der Waals surface area contributed by atoms with E-state index in [1.54, 1.807) is 0 Å². The summed E-state index contributed by atoms with van der Waals surface area (Å²) in [7, 11) is 0. The highest BCUT2D eigenvalue weighted by Gasteiger charge is 2.58. The van der Waals surface area contributed by atoms with Crippen LogP contribution in [0.4, 0.5) is 0 Å². The molecule has 72 valence electrons. The zero-order valence-electron chi connectivity index (χ0n) is 9.73. The highest BCUT2D eigenvalue weighted by atomic mass is 14.6. The molecule has 1 aliphatic rings. The molecular formula is C12H24. The van der Waals surface area contributed by atoms with Crippen LogP contribution in [0.3, 0.4) is 0 Å². The lowest BCUT2D eigenvalue weighted by atomic mass is 9.77. The molecule has 3 unspecified atom stereocenters. The van der Waals surface area contributed by atoms with E-state index < -0.39 is 0 Å². The maximum atomic E-state index is 2.41. The molecule has 0 heteroatoms. The van der Waals surface area contributed by atoms with Crippen molar-refractivity contribution >= 4 is 0 Å². The Balaban J connectivity index is 2.64. The molecule has 1 fully saturated rings. The Bertz CT molecular complexity index is 161. The van der Waals surface area contributed by atoms with Gasteiger partial charge in [-0.25, -0.2) is 0 Å². The molecule has 0 aliphatic heterocycles. The van der Waals surface area contributed by atoms with Crippen LogP contribution in [0.5, 0.6) is 0 Å². The third kappa shape index (κ3) is 1.41. The number of hydrogen-bond acceptors (Lipinski definition) is 0. The standard InChI is InChI=1S/C12H24/c1-8(11(3,4)5)10-9(2)12(10,6)7/h8-10H,1-7H3. The molecule has 0 heterocycles. The van der Waals surface area contributed by atoms with Gasteiger partial charge in [-0.3, -0.25) is 0 Å². The van der Waals surface area contributed by atoms with E-state index in [1.165, 1.54) is 0 Å². The van der Waals surface area contributed by atoms with Crippen LogP contribution in [0.2, 0.25) is 0 Å². The highest BCUT2D eigenvalue weighted by Crippen LogP contribution is 2.64. The van der Waals surface area contributed by atoms with Crippen LogP contribution in [0.1, 0.15) is 48.5 Å². The fourth-order valence-electron chi connectivity index (χ4n) is 2.56. The zero-order valence-corrected chi connectivity index (χ0v) is 9.73. The molecule has 1 aliphatic carbocycles. The van der Waals surface area contributed by atoms with Gasteiger partial charge in [-0.15, -0.1) is 0 Å². The van der Waals surface area contributed by atoms with Crippen LogP contribution in [-0.2, 0) is 0 Å². The Labute approximate surface area is 77.7 Å². The van der Waals surface area contributed by atoms with Crippen molar-refractivity contribution in [3.8, 4) is 0 Å². The molecular weight excluding hydrogens is 144 g/mol. The van der Waals surface area contributed by atoms with Crippen molar-refractivity contribution in [3.63, 3.8) is 0 Å². The van der Waals surface area contributed by atoms with E-state index in [0.29, 0.717) is 10.8 Å². The van der Waals surface area contributed by atoms with Crippen LogP contribution in [0, 0.1) is 28.6 Å². The summed E-state index contributed by atoms with van der Waals surface area (Å²) in [6.07, 6.45) is 0.